The second-order valence-corrected chi connectivity index (χ2v) is 13.7. The lowest BCUT2D eigenvalue weighted by molar-refractivity contribution is 0.0904. The Kier molecular flexibility index (Phi) is 9.96. The number of carbonyl (C=O) groups is 1. The minimum Gasteiger partial charge on any atom is -0.450 e. The molecule has 112 valence electrons. The first kappa shape index (κ1) is 18.4. The average molecular weight is 303 g/mol. The highest BCUT2D eigenvalue weighted by Crippen LogP contribution is 2.21. The summed E-state index contributed by atoms with van der Waals surface area (Å²) < 4.78 is 4.53. The molecular weight excluding hydrogens is 272 g/mol. The van der Waals surface area contributed by atoms with E-state index in [1.165, 1.54) is 24.6 Å². The Hall–Kier alpha value is -0.556. The standard InChI is InChI=1S/C14H30O3Si2/c1-5-13(2)18-10-8-12-19(3,4)11-7-6-9-17-14(15)16/h5H,6-12,18H2,1-4H3,(H,15,16). The highest BCUT2D eigenvalue weighted by molar-refractivity contribution is 6.77. The van der Waals surface area contributed by atoms with Crippen LogP contribution in [0.5, 0.6) is 0 Å². The van der Waals surface area contributed by atoms with Crippen molar-refractivity contribution in [3.8, 4) is 0 Å². The minimum atomic E-state index is -1.15. The summed E-state index contributed by atoms with van der Waals surface area (Å²) in [4.78, 5) is 10.2. The van der Waals surface area contributed by atoms with Crippen molar-refractivity contribution < 1.29 is 14.6 Å². The molecule has 0 atom stereocenters. The lowest BCUT2D eigenvalue weighted by Crippen LogP contribution is -2.24. The van der Waals surface area contributed by atoms with Crippen LogP contribution in [-0.2, 0) is 4.74 Å². The summed E-state index contributed by atoms with van der Waals surface area (Å²) >= 11 is 0. The maximum Gasteiger partial charge on any atom is 0.505 e. The summed E-state index contributed by atoms with van der Waals surface area (Å²) in [5.41, 5.74) is 0. The monoisotopic (exact) mass is 302 g/mol. The summed E-state index contributed by atoms with van der Waals surface area (Å²) in [5.74, 6) is 0. The molecule has 1 N–H and O–H groups in total. The molecule has 0 saturated carbocycles. The van der Waals surface area contributed by atoms with Crippen LogP contribution in [0.4, 0.5) is 4.79 Å². The number of hydrogen-bond donors (Lipinski definition) is 1. The van der Waals surface area contributed by atoms with Crippen LogP contribution in [-0.4, -0.2) is 35.5 Å². The van der Waals surface area contributed by atoms with Gasteiger partial charge in [0.25, 0.3) is 0 Å². The predicted octanol–water partition coefficient (Wildman–Crippen LogP) is 4.07. The van der Waals surface area contributed by atoms with Gasteiger partial charge in [0.15, 0.2) is 0 Å². The van der Waals surface area contributed by atoms with Crippen LogP contribution in [0.3, 0.4) is 0 Å². The molecule has 0 unspecified atom stereocenters. The number of unbranched alkanes of at least 4 members (excludes halogenated alkanes) is 1. The van der Waals surface area contributed by atoms with Crippen molar-refractivity contribution in [2.45, 2.75) is 64.3 Å². The van der Waals surface area contributed by atoms with E-state index in [0.717, 1.165) is 12.8 Å². The molecule has 0 spiro atoms. The van der Waals surface area contributed by atoms with Crippen LogP contribution in [0.15, 0.2) is 11.3 Å². The third-order valence-electron chi connectivity index (χ3n) is 3.64. The van der Waals surface area contributed by atoms with E-state index in [9.17, 15) is 4.79 Å². The van der Waals surface area contributed by atoms with E-state index < -0.39 is 14.2 Å². The van der Waals surface area contributed by atoms with Crippen molar-refractivity contribution in [3.05, 3.63) is 11.3 Å². The van der Waals surface area contributed by atoms with Gasteiger partial charge in [-0.05, 0) is 20.3 Å². The van der Waals surface area contributed by atoms with Gasteiger partial charge in [-0.15, -0.1) is 0 Å². The van der Waals surface area contributed by atoms with E-state index in [4.69, 9.17) is 5.11 Å². The molecule has 0 fully saturated rings. The zero-order valence-electron chi connectivity index (χ0n) is 13.0. The van der Waals surface area contributed by atoms with E-state index in [0.29, 0.717) is 6.61 Å². The highest BCUT2D eigenvalue weighted by atomic mass is 28.3. The zero-order valence-corrected chi connectivity index (χ0v) is 15.4. The van der Waals surface area contributed by atoms with E-state index in [2.05, 4.69) is 37.8 Å². The molecule has 0 aromatic rings. The Morgan fingerprint density at radius 3 is 2.47 bits per heavy atom. The first-order chi connectivity index (χ1) is 8.87. The molecule has 19 heavy (non-hydrogen) atoms. The van der Waals surface area contributed by atoms with Crippen molar-refractivity contribution >= 4 is 23.7 Å². The number of allylic oxidation sites excluding steroid dienone is 2. The summed E-state index contributed by atoms with van der Waals surface area (Å²) in [6, 6.07) is 4.14. The lowest BCUT2D eigenvalue weighted by atomic mass is 10.4. The average Bonchev–Trinajstić information content (AvgIpc) is 2.33. The van der Waals surface area contributed by atoms with Crippen molar-refractivity contribution in [2.24, 2.45) is 0 Å². The van der Waals surface area contributed by atoms with Gasteiger partial charge < -0.3 is 9.84 Å². The Morgan fingerprint density at radius 2 is 1.89 bits per heavy atom. The minimum absolute atomic E-state index is 0.0284. The van der Waals surface area contributed by atoms with Crippen molar-refractivity contribution in [2.75, 3.05) is 6.61 Å². The Balaban J connectivity index is 3.60. The number of hydrogen-bond acceptors (Lipinski definition) is 2. The molecule has 3 nitrogen and oxygen atoms in total. The second kappa shape index (κ2) is 10.3. The summed E-state index contributed by atoms with van der Waals surface area (Å²) in [5, 5.41) is 10.00. The quantitative estimate of drug-likeness (QED) is 0.376. The molecule has 0 aromatic heterocycles. The van der Waals surface area contributed by atoms with Gasteiger partial charge in [0.2, 0.25) is 0 Å². The Labute approximate surface area is 121 Å². The van der Waals surface area contributed by atoms with Crippen molar-refractivity contribution in [1.29, 1.82) is 0 Å². The Morgan fingerprint density at radius 1 is 1.26 bits per heavy atom. The molecule has 0 aliphatic carbocycles. The molecule has 0 aliphatic rings. The second-order valence-electron chi connectivity index (χ2n) is 6.08. The third-order valence-corrected chi connectivity index (χ3v) is 9.11. The normalized spacial score (nSPS) is 13.2. The van der Waals surface area contributed by atoms with Crippen LogP contribution in [0, 0.1) is 0 Å². The molecule has 0 amide bonds. The maximum absolute atomic E-state index is 10.2. The van der Waals surface area contributed by atoms with Gasteiger partial charge >= 0.3 is 6.16 Å². The largest absolute Gasteiger partial charge is 0.505 e. The molecular formula is C14H30O3Si2. The molecule has 0 radical (unpaired) electrons. The van der Waals surface area contributed by atoms with E-state index in [1.54, 1.807) is 5.20 Å². The predicted molar refractivity (Wildman–Crippen MR) is 87.7 cm³/mol. The van der Waals surface area contributed by atoms with E-state index >= 15 is 0 Å². The Bertz CT molecular complexity index is 288. The molecule has 0 rings (SSSR count). The number of carboxylic acid groups (broad SMARTS) is 1. The van der Waals surface area contributed by atoms with Crippen LogP contribution in [0.1, 0.15) is 33.1 Å². The summed E-state index contributed by atoms with van der Waals surface area (Å²) in [7, 11) is -1.03. The first-order valence-electron chi connectivity index (χ1n) is 7.35. The van der Waals surface area contributed by atoms with Gasteiger partial charge in [0.05, 0.1) is 6.61 Å². The van der Waals surface area contributed by atoms with Crippen LogP contribution in [0.2, 0.25) is 31.2 Å². The van der Waals surface area contributed by atoms with Gasteiger partial charge in [-0.1, -0.05) is 55.3 Å². The van der Waals surface area contributed by atoms with Gasteiger partial charge in [-0.2, -0.15) is 0 Å². The number of rotatable bonds is 10. The first-order valence-corrected chi connectivity index (χ1v) is 12.5. The number of ether oxygens (including phenoxy) is 1. The van der Waals surface area contributed by atoms with Crippen LogP contribution >= 0.6 is 0 Å². The van der Waals surface area contributed by atoms with Crippen LogP contribution in [0.25, 0.3) is 0 Å². The van der Waals surface area contributed by atoms with Crippen molar-refractivity contribution in [1.82, 2.24) is 0 Å². The molecule has 0 saturated heterocycles. The molecule has 0 bridgehead atoms. The fourth-order valence-electron chi connectivity index (χ4n) is 2.14. The summed E-state index contributed by atoms with van der Waals surface area (Å²) in [6.07, 6.45) is 4.48. The third kappa shape index (κ3) is 12.2. The maximum atomic E-state index is 10.2. The van der Waals surface area contributed by atoms with Crippen LogP contribution < -0.4 is 0 Å². The van der Waals surface area contributed by atoms with E-state index in [-0.39, 0.29) is 9.52 Å². The molecule has 0 aromatic carbocycles. The summed E-state index contributed by atoms with van der Waals surface area (Å²) in [6.45, 7) is 9.66. The lowest BCUT2D eigenvalue weighted by Gasteiger charge is -2.22. The van der Waals surface area contributed by atoms with Gasteiger partial charge in [0, 0.05) is 17.6 Å². The molecule has 5 heteroatoms. The smallest absolute Gasteiger partial charge is 0.450 e. The van der Waals surface area contributed by atoms with Gasteiger partial charge in [0.1, 0.15) is 0 Å². The fraction of sp³-hybridized carbons (Fsp3) is 0.786. The van der Waals surface area contributed by atoms with Crippen molar-refractivity contribution in [3.63, 3.8) is 0 Å². The zero-order chi connectivity index (χ0) is 14.7. The SMILES string of the molecule is CC=C(C)[SiH2]CCC[Si](C)(C)CCCCOC(=O)O. The molecule has 0 heterocycles. The van der Waals surface area contributed by atoms with Gasteiger partial charge in [-0.25, -0.2) is 4.79 Å². The van der Waals surface area contributed by atoms with E-state index in [1.807, 2.05) is 0 Å². The topological polar surface area (TPSA) is 46.5 Å². The molecule has 0 aliphatic heterocycles. The highest BCUT2D eigenvalue weighted by Gasteiger charge is 2.19. The fourth-order valence-corrected chi connectivity index (χ4v) is 6.65. The van der Waals surface area contributed by atoms with Gasteiger partial charge in [-0.3, -0.25) is 0 Å².